The van der Waals surface area contributed by atoms with Crippen molar-refractivity contribution >= 4 is 23.2 Å². The molecule has 7 heteroatoms. The van der Waals surface area contributed by atoms with Crippen LogP contribution < -0.4 is 0 Å². The number of hydrogen-bond acceptors (Lipinski definition) is 4. The number of benzene rings is 1. The molecule has 0 bridgehead atoms. The summed E-state index contributed by atoms with van der Waals surface area (Å²) in [5.41, 5.74) is 1.92. The first-order chi connectivity index (χ1) is 13.5. The van der Waals surface area contributed by atoms with Gasteiger partial charge in [0.1, 0.15) is 19.0 Å². The van der Waals surface area contributed by atoms with E-state index in [-0.39, 0.29) is 43.4 Å². The molecule has 5 nitrogen and oxygen atoms in total. The van der Waals surface area contributed by atoms with Crippen LogP contribution in [0.15, 0.2) is 48.4 Å². The molecule has 0 spiro atoms. The van der Waals surface area contributed by atoms with Gasteiger partial charge in [-0.2, -0.15) is 0 Å². The van der Waals surface area contributed by atoms with Crippen LogP contribution in [-0.4, -0.2) is 55.0 Å². The van der Waals surface area contributed by atoms with Gasteiger partial charge in [-0.05, 0) is 41.1 Å². The third-order valence-corrected chi connectivity index (χ3v) is 5.76. The highest BCUT2D eigenvalue weighted by Crippen LogP contribution is 2.37. The summed E-state index contributed by atoms with van der Waals surface area (Å²) in [5.74, 6) is -0.731. The third kappa shape index (κ3) is 4.31. The fourth-order valence-corrected chi connectivity index (χ4v) is 4.37. The fraction of sp³-hybridized carbons (Fsp3) is 0.333. The lowest BCUT2D eigenvalue weighted by Gasteiger charge is -2.37. The molecule has 0 aliphatic carbocycles. The number of carbonyl (C=O) groups is 2. The number of thiophene rings is 1. The molecule has 1 unspecified atom stereocenters. The van der Waals surface area contributed by atoms with Crippen LogP contribution >= 0.6 is 11.3 Å². The third-order valence-electron chi connectivity index (χ3n) is 4.77. The summed E-state index contributed by atoms with van der Waals surface area (Å²) < 4.78 is 18.3. The van der Waals surface area contributed by atoms with Crippen molar-refractivity contribution in [2.75, 3.05) is 33.4 Å². The molecule has 2 aromatic rings. The van der Waals surface area contributed by atoms with E-state index >= 15 is 0 Å². The molecule has 148 valence electrons. The van der Waals surface area contributed by atoms with E-state index in [9.17, 15) is 14.0 Å². The molecule has 28 heavy (non-hydrogen) atoms. The Bertz CT molecular complexity index is 850. The standard InChI is InChI=1S/C21H23FN2O3S/c1-3-10-23(20(26)14-27-2)13-19(25)24-11-8-18-17(9-12-28-18)21(24)15-4-6-16(22)7-5-15/h3-7,9,12,21H,1,8,10-11,13-14H2,2H3. The fourth-order valence-electron chi connectivity index (χ4n) is 3.47. The molecule has 0 N–H and O–H groups in total. The molecule has 0 saturated heterocycles. The van der Waals surface area contributed by atoms with Crippen LogP contribution in [0.1, 0.15) is 22.0 Å². The van der Waals surface area contributed by atoms with E-state index in [4.69, 9.17) is 4.74 Å². The van der Waals surface area contributed by atoms with E-state index in [1.165, 1.54) is 29.0 Å². The summed E-state index contributed by atoms with van der Waals surface area (Å²) >= 11 is 1.67. The van der Waals surface area contributed by atoms with Crippen LogP contribution in [0, 0.1) is 5.82 Å². The minimum absolute atomic E-state index is 0.0502. The summed E-state index contributed by atoms with van der Waals surface area (Å²) in [6.07, 6.45) is 2.36. The topological polar surface area (TPSA) is 49.9 Å². The molecular weight excluding hydrogens is 379 g/mol. The Morgan fingerprint density at radius 3 is 2.79 bits per heavy atom. The van der Waals surface area contributed by atoms with Crippen LogP contribution in [0.2, 0.25) is 0 Å². The van der Waals surface area contributed by atoms with Crippen molar-refractivity contribution in [3.05, 3.63) is 70.2 Å². The molecule has 1 atom stereocenters. The van der Waals surface area contributed by atoms with Gasteiger partial charge in [0.2, 0.25) is 11.8 Å². The number of fused-ring (bicyclic) bond motifs is 1. The van der Waals surface area contributed by atoms with Crippen LogP contribution in [0.4, 0.5) is 4.39 Å². The summed E-state index contributed by atoms with van der Waals surface area (Å²) in [5, 5.41) is 2.02. The maximum absolute atomic E-state index is 13.4. The Labute approximate surface area is 168 Å². The van der Waals surface area contributed by atoms with Gasteiger partial charge in [-0.3, -0.25) is 9.59 Å². The van der Waals surface area contributed by atoms with E-state index < -0.39 is 0 Å². The smallest absolute Gasteiger partial charge is 0.249 e. The summed E-state index contributed by atoms with van der Waals surface area (Å²) in [4.78, 5) is 29.8. The summed E-state index contributed by atoms with van der Waals surface area (Å²) in [6.45, 7) is 4.35. The predicted octanol–water partition coefficient (Wildman–Crippen LogP) is 3.02. The molecule has 0 radical (unpaired) electrons. The minimum Gasteiger partial charge on any atom is -0.375 e. The Hall–Kier alpha value is -2.51. The largest absolute Gasteiger partial charge is 0.375 e. The van der Waals surface area contributed by atoms with E-state index in [0.29, 0.717) is 6.54 Å². The Kier molecular flexibility index (Phi) is 6.59. The van der Waals surface area contributed by atoms with Crippen LogP contribution in [0.25, 0.3) is 0 Å². The number of carbonyl (C=O) groups excluding carboxylic acids is 2. The first kappa shape index (κ1) is 20.2. The number of methoxy groups -OCH3 is 1. The average Bonchev–Trinajstić information content (AvgIpc) is 3.16. The second-order valence-corrected chi connectivity index (χ2v) is 7.59. The van der Waals surface area contributed by atoms with Gasteiger partial charge in [0.25, 0.3) is 0 Å². The van der Waals surface area contributed by atoms with Crippen molar-refractivity contribution < 1.29 is 18.7 Å². The molecule has 1 aliphatic heterocycles. The van der Waals surface area contributed by atoms with Crippen molar-refractivity contribution in [2.45, 2.75) is 12.5 Å². The number of ether oxygens (including phenoxy) is 1. The van der Waals surface area contributed by atoms with Gasteiger partial charge < -0.3 is 14.5 Å². The number of amides is 2. The molecule has 2 amide bonds. The second kappa shape index (κ2) is 9.12. The molecule has 0 fully saturated rings. The highest BCUT2D eigenvalue weighted by atomic mass is 32.1. The zero-order valence-corrected chi connectivity index (χ0v) is 16.6. The number of hydrogen-bond donors (Lipinski definition) is 0. The Balaban J connectivity index is 1.87. The molecule has 2 heterocycles. The normalized spacial score (nSPS) is 15.8. The highest BCUT2D eigenvalue weighted by molar-refractivity contribution is 7.10. The van der Waals surface area contributed by atoms with Gasteiger partial charge in [0.15, 0.2) is 0 Å². The van der Waals surface area contributed by atoms with E-state index in [2.05, 4.69) is 6.58 Å². The minimum atomic E-state index is -0.315. The number of rotatable bonds is 7. The molecule has 0 saturated carbocycles. The lowest BCUT2D eigenvalue weighted by Crippen LogP contribution is -2.47. The van der Waals surface area contributed by atoms with Gasteiger partial charge in [-0.1, -0.05) is 18.2 Å². The second-order valence-electron chi connectivity index (χ2n) is 6.59. The molecular formula is C21H23FN2O3S. The quantitative estimate of drug-likeness (QED) is 0.669. The van der Waals surface area contributed by atoms with E-state index in [0.717, 1.165) is 17.5 Å². The van der Waals surface area contributed by atoms with Gasteiger partial charge >= 0.3 is 0 Å². The Morgan fingerprint density at radius 2 is 2.11 bits per heavy atom. The zero-order valence-electron chi connectivity index (χ0n) is 15.8. The summed E-state index contributed by atoms with van der Waals surface area (Å²) in [6, 6.07) is 7.97. The van der Waals surface area contributed by atoms with Crippen molar-refractivity contribution in [1.82, 2.24) is 9.80 Å². The number of nitrogens with zero attached hydrogens (tertiary/aromatic N) is 2. The Morgan fingerprint density at radius 1 is 1.36 bits per heavy atom. The van der Waals surface area contributed by atoms with Crippen molar-refractivity contribution in [3.63, 3.8) is 0 Å². The predicted molar refractivity (Wildman–Crippen MR) is 107 cm³/mol. The lowest BCUT2D eigenvalue weighted by atomic mass is 9.93. The van der Waals surface area contributed by atoms with E-state index in [1.54, 1.807) is 34.4 Å². The highest BCUT2D eigenvalue weighted by Gasteiger charge is 2.33. The molecule has 1 aliphatic rings. The van der Waals surface area contributed by atoms with Crippen molar-refractivity contribution in [1.29, 1.82) is 0 Å². The lowest BCUT2D eigenvalue weighted by molar-refractivity contribution is -0.143. The molecule has 3 rings (SSSR count). The SMILES string of the molecule is C=CCN(CC(=O)N1CCc2sccc2C1c1ccc(F)cc1)C(=O)COC. The monoisotopic (exact) mass is 402 g/mol. The summed E-state index contributed by atoms with van der Waals surface area (Å²) in [7, 11) is 1.44. The van der Waals surface area contributed by atoms with Gasteiger partial charge in [-0.15, -0.1) is 17.9 Å². The van der Waals surface area contributed by atoms with Gasteiger partial charge in [0, 0.05) is 25.1 Å². The molecule has 1 aromatic carbocycles. The zero-order chi connectivity index (χ0) is 20.1. The van der Waals surface area contributed by atoms with E-state index in [1.807, 2.05) is 11.4 Å². The average molecular weight is 402 g/mol. The van der Waals surface area contributed by atoms with Crippen molar-refractivity contribution in [2.24, 2.45) is 0 Å². The maximum atomic E-state index is 13.4. The molecule has 1 aromatic heterocycles. The first-order valence-corrected chi connectivity index (χ1v) is 9.92. The van der Waals surface area contributed by atoms with Crippen LogP contribution in [-0.2, 0) is 20.7 Å². The van der Waals surface area contributed by atoms with Crippen molar-refractivity contribution in [3.8, 4) is 0 Å². The van der Waals surface area contributed by atoms with Crippen LogP contribution in [0.3, 0.4) is 0 Å². The maximum Gasteiger partial charge on any atom is 0.249 e. The van der Waals surface area contributed by atoms with Gasteiger partial charge in [-0.25, -0.2) is 4.39 Å². The van der Waals surface area contributed by atoms with Crippen LogP contribution in [0.5, 0.6) is 0 Å². The first-order valence-electron chi connectivity index (χ1n) is 9.04. The number of halogens is 1. The van der Waals surface area contributed by atoms with Gasteiger partial charge in [0.05, 0.1) is 6.04 Å².